The van der Waals surface area contributed by atoms with Crippen molar-refractivity contribution in [2.45, 2.75) is 18.8 Å². The number of halogens is 1. The van der Waals surface area contributed by atoms with Gasteiger partial charge in [-0.05, 0) is 52.4 Å². The van der Waals surface area contributed by atoms with Gasteiger partial charge in [-0.2, -0.15) is 9.61 Å². The van der Waals surface area contributed by atoms with Crippen LogP contribution in [-0.2, 0) is 0 Å². The monoisotopic (exact) mass is 345 g/mol. The number of aromatic nitrogens is 3. The minimum atomic E-state index is -0.286. The highest BCUT2D eigenvalue weighted by molar-refractivity contribution is 9.10. The van der Waals surface area contributed by atoms with Gasteiger partial charge in [0, 0.05) is 6.07 Å². The van der Waals surface area contributed by atoms with Gasteiger partial charge in [-0.3, -0.25) is 4.79 Å². The van der Waals surface area contributed by atoms with Crippen LogP contribution in [0.5, 0.6) is 11.5 Å². The predicted octanol–water partition coefficient (Wildman–Crippen LogP) is 3.45. The van der Waals surface area contributed by atoms with Crippen LogP contribution >= 0.6 is 15.9 Å². The van der Waals surface area contributed by atoms with E-state index in [-0.39, 0.29) is 11.3 Å². The van der Waals surface area contributed by atoms with E-state index in [2.05, 4.69) is 32.1 Å². The second-order valence-electron chi connectivity index (χ2n) is 5.17. The molecule has 0 spiro atoms. The molecule has 0 unspecified atom stereocenters. The molecule has 3 aromatic rings. The minimum Gasteiger partial charge on any atom is -0.450 e. The molecule has 6 heteroatoms. The van der Waals surface area contributed by atoms with Crippen molar-refractivity contribution in [3.8, 4) is 11.5 Å². The van der Waals surface area contributed by atoms with Gasteiger partial charge in [0.1, 0.15) is 16.0 Å². The third-order valence-electron chi connectivity index (χ3n) is 3.57. The Morgan fingerprint density at radius 2 is 2.19 bits per heavy atom. The van der Waals surface area contributed by atoms with Crippen molar-refractivity contribution in [1.29, 1.82) is 0 Å². The molecule has 2 heterocycles. The Morgan fingerprint density at radius 1 is 1.33 bits per heavy atom. The van der Waals surface area contributed by atoms with Crippen LogP contribution in [0, 0.1) is 0 Å². The summed E-state index contributed by atoms with van der Waals surface area (Å²) in [5, 5.41) is 4.08. The summed E-state index contributed by atoms with van der Waals surface area (Å²) in [6, 6.07) is 9.65. The minimum absolute atomic E-state index is 0.228. The molecule has 1 fully saturated rings. The van der Waals surface area contributed by atoms with Gasteiger partial charge in [-0.1, -0.05) is 12.1 Å². The molecule has 0 saturated heterocycles. The lowest BCUT2D eigenvalue weighted by atomic mass is 10.1. The average Bonchev–Trinajstić information content (AvgIpc) is 3.25. The molecule has 106 valence electrons. The lowest BCUT2D eigenvalue weighted by Crippen LogP contribution is -2.16. The maximum Gasteiger partial charge on any atom is 0.317 e. The number of H-pyrrole nitrogens is 1. The van der Waals surface area contributed by atoms with Crippen molar-refractivity contribution in [2.24, 2.45) is 0 Å². The molecule has 2 aromatic heterocycles. The Hall–Kier alpha value is -2.08. The van der Waals surface area contributed by atoms with Crippen molar-refractivity contribution in [3.05, 3.63) is 57.0 Å². The second-order valence-corrected chi connectivity index (χ2v) is 5.98. The van der Waals surface area contributed by atoms with Crippen molar-refractivity contribution >= 4 is 21.6 Å². The number of rotatable bonds is 3. The number of aromatic amines is 1. The van der Waals surface area contributed by atoms with Crippen LogP contribution in [0.3, 0.4) is 0 Å². The molecule has 0 radical (unpaired) electrons. The number of hydrogen-bond acceptors (Lipinski definition) is 3. The van der Waals surface area contributed by atoms with Crippen LogP contribution in [-0.4, -0.2) is 14.6 Å². The second kappa shape index (κ2) is 4.73. The topological polar surface area (TPSA) is 59.4 Å². The molecular weight excluding hydrogens is 334 g/mol. The lowest BCUT2D eigenvalue weighted by molar-refractivity contribution is 0.468. The summed E-state index contributed by atoms with van der Waals surface area (Å²) in [5.41, 5.74) is 1.60. The Balaban J connectivity index is 1.72. The molecule has 1 aromatic carbocycles. The highest BCUT2D eigenvalue weighted by Crippen LogP contribution is 2.41. The van der Waals surface area contributed by atoms with Gasteiger partial charge in [-0.25, -0.2) is 0 Å². The molecule has 0 amide bonds. The van der Waals surface area contributed by atoms with E-state index in [0.29, 0.717) is 21.9 Å². The summed E-state index contributed by atoms with van der Waals surface area (Å²) in [5.74, 6) is 1.55. The highest BCUT2D eigenvalue weighted by atomic mass is 79.9. The van der Waals surface area contributed by atoms with Crippen LogP contribution in [0.15, 0.2) is 45.9 Å². The van der Waals surface area contributed by atoms with E-state index in [9.17, 15) is 4.79 Å². The number of nitrogens with one attached hydrogen (secondary N) is 1. The van der Waals surface area contributed by atoms with Crippen LogP contribution in [0.1, 0.15) is 24.3 Å². The number of ether oxygens (including phenoxy) is 1. The maximum atomic E-state index is 12.3. The summed E-state index contributed by atoms with van der Waals surface area (Å²) in [7, 11) is 0. The molecule has 0 aliphatic heterocycles. The molecule has 1 N–H and O–H groups in total. The van der Waals surface area contributed by atoms with Crippen LogP contribution in [0.4, 0.5) is 0 Å². The fourth-order valence-corrected chi connectivity index (χ4v) is 2.74. The Morgan fingerprint density at radius 3 is 3.00 bits per heavy atom. The fraction of sp³-hybridized carbons (Fsp3) is 0.200. The van der Waals surface area contributed by atoms with E-state index in [4.69, 9.17) is 4.74 Å². The first-order chi connectivity index (χ1) is 10.2. The first kappa shape index (κ1) is 12.6. The van der Waals surface area contributed by atoms with Gasteiger partial charge in [0.25, 0.3) is 0 Å². The van der Waals surface area contributed by atoms with Gasteiger partial charge in [0.15, 0.2) is 0 Å². The van der Waals surface area contributed by atoms with E-state index in [1.54, 1.807) is 12.3 Å². The van der Waals surface area contributed by atoms with Crippen molar-refractivity contribution in [3.63, 3.8) is 0 Å². The molecule has 0 bridgehead atoms. The van der Waals surface area contributed by atoms with E-state index in [1.165, 1.54) is 22.9 Å². The average molecular weight is 346 g/mol. The molecule has 1 aliphatic rings. The van der Waals surface area contributed by atoms with Gasteiger partial charge < -0.3 is 9.72 Å². The summed E-state index contributed by atoms with van der Waals surface area (Å²) in [6.45, 7) is 0. The van der Waals surface area contributed by atoms with Gasteiger partial charge >= 0.3 is 5.56 Å². The molecule has 0 atom stereocenters. The lowest BCUT2D eigenvalue weighted by Gasteiger charge is -2.06. The molecular formula is C15H12BrN3O2. The fourth-order valence-electron chi connectivity index (χ4n) is 2.36. The van der Waals surface area contributed by atoms with Crippen LogP contribution < -0.4 is 10.3 Å². The van der Waals surface area contributed by atoms with Crippen LogP contribution in [0.2, 0.25) is 0 Å². The number of fused-ring (bicyclic) bond motifs is 1. The Bertz CT molecular complexity index is 880. The normalized spacial score (nSPS) is 14.5. The number of benzene rings is 1. The van der Waals surface area contributed by atoms with E-state index < -0.39 is 0 Å². The summed E-state index contributed by atoms with van der Waals surface area (Å²) >= 11 is 3.25. The van der Waals surface area contributed by atoms with Crippen molar-refractivity contribution in [1.82, 2.24) is 14.6 Å². The van der Waals surface area contributed by atoms with Gasteiger partial charge in [0.05, 0.1) is 6.20 Å². The number of nitrogens with zero attached hydrogens (tertiary/aromatic N) is 2. The molecule has 21 heavy (non-hydrogen) atoms. The standard InChI is InChI=1S/C15H12BrN3O2/c16-13-7-14-17-8-12(15(20)19(14)18-13)21-11-3-1-2-10(6-11)9-4-5-9/h1-3,6-9,17H,4-5H2. The van der Waals surface area contributed by atoms with E-state index in [1.807, 2.05) is 18.2 Å². The van der Waals surface area contributed by atoms with E-state index in [0.717, 1.165) is 0 Å². The largest absolute Gasteiger partial charge is 0.450 e. The zero-order chi connectivity index (χ0) is 14.4. The first-order valence-corrected chi connectivity index (χ1v) is 7.55. The summed E-state index contributed by atoms with van der Waals surface area (Å²) < 4.78 is 7.61. The quantitative estimate of drug-likeness (QED) is 0.790. The molecule has 5 nitrogen and oxygen atoms in total. The van der Waals surface area contributed by atoms with Crippen molar-refractivity contribution in [2.75, 3.05) is 0 Å². The third-order valence-corrected chi connectivity index (χ3v) is 3.96. The van der Waals surface area contributed by atoms with Gasteiger partial charge in [0.2, 0.25) is 5.75 Å². The predicted molar refractivity (Wildman–Crippen MR) is 82.0 cm³/mol. The zero-order valence-electron chi connectivity index (χ0n) is 11.0. The van der Waals surface area contributed by atoms with E-state index >= 15 is 0 Å². The molecule has 4 rings (SSSR count). The molecule has 1 aliphatic carbocycles. The van der Waals surface area contributed by atoms with Crippen LogP contribution in [0.25, 0.3) is 5.65 Å². The van der Waals surface area contributed by atoms with Gasteiger partial charge in [-0.15, -0.1) is 0 Å². The Kier molecular flexibility index (Phi) is 2.85. The third kappa shape index (κ3) is 2.35. The Labute approximate surface area is 128 Å². The van der Waals surface area contributed by atoms with Crippen molar-refractivity contribution < 1.29 is 4.74 Å². The zero-order valence-corrected chi connectivity index (χ0v) is 12.6. The number of hydrogen-bond donors (Lipinski definition) is 1. The highest BCUT2D eigenvalue weighted by Gasteiger charge is 2.23. The SMILES string of the molecule is O=c1c(Oc2cccc(C3CC3)c2)c[nH]c2cc(Br)nn12. The maximum absolute atomic E-state index is 12.3. The first-order valence-electron chi connectivity index (χ1n) is 6.75. The molecule has 1 saturated carbocycles. The summed E-state index contributed by atoms with van der Waals surface area (Å²) in [6.07, 6.45) is 4.03. The smallest absolute Gasteiger partial charge is 0.317 e. The summed E-state index contributed by atoms with van der Waals surface area (Å²) in [4.78, 5) is 15.3.